The summed E-state index contributed by atoms with van der Waals surface area (Å²) in [4.78, 5) is 13.9. The van der Waals surface area contributed by atoms with Gasteiger partial charge in [-0.1, -0.05) is 0 Å². The first-order valence-corrected chi connectivity index (χ1v) is 7.42. The largest absolute Gasteiger partial charge is 0.370 e. The minimum absolute atomic E-state index is 0.0205. The van der Waals surface area contributed by atoms with Crippen molar-refractivity contribution in [2.24, 2.45) is 0 Å². The van der Waals surface area contributed by atoms with Crippen LogP contribution in [0.15, 0.2) is 29.1 Å². The molecule has 2 N–H and O–H groups in total. The van der Waals surface area contributed by atoms with E-state index in [9.17, 15) is 4.79 Å². The van der Waals surface area contributed by atoms with Gasteiger partial charge in [-0.2, -0.15) is 16.4 Å². The second kappa shape index (κ2) is 6.06. The molecule has 0 aliphatic carbocycles. The molecule has 1 atom stereocenters. The van der Waals surface area contributed by atoms with E-state index in [0.29, 0.717) is 26.2 Å². The molecule has 1 fully saturated rings. The highest BCUT2D eigenvalue weighted by Crippen LogP contribution is 2.24. The van der Waals surface area contributed by atoms with Crippen molar-refractivity contribution in [2.75, 3.05) is 19.7 Å². The second-order valence-corrected chi connectivity index (χ2v) is 5.38. The lowest BCUT2D eigenvalue weighted by molar-refractivity contribution is -0.0152. The molecule has 1 saturated heterocycles. The average Bonchev–Trinajstić information content (AvgIpc) is 3.18. The van der Waals surface area contributed by atoms with Gasteiger partial charge in [-0.15, -0.1) is 0 Å². The number of aromatic amines is 1. The normalized spacial score (nSPS) is 19.0. The van der Waals surface area contributed by atoms with E-state index in [0.717, 1.165) is 11.3 Å². The highest BCUT2D eigenvalue weighted by molar-refractivity contribution is 7.07. The van der Waals surface area contributed by atoms with E-state index in [1.54, 1.807) is 22.4 Å². The first kappa shape index (κ1) is 13.1. The molecular formula is C13H16N4O2S. The molecule has 0 radical (unpaired) electrons. The van der Waals surface area contributed by atoms with Gasteiger partial charge in [0.1, 0.15) is 6.10 Å². The van der Waals surface area contributed by atoms with Crippen molar-refractivity contribution < 1.29 is 9.53 Å². The summed E-state index contributed by atoms with van der Waals surface area (Å²) in [6, 6.07) is 3.82. The monoisotopic (exact) mass is 292 g/mol. The van der Waals surface area contributed by atoms with E-state index < -0.39 is 0 Å². The lowest BCUT2D eigenvalue weighted by Gasteiger charge is -2.32. The van der Waals surface area contributed by atoms with Crippen LogP contribution in [0.3, 0.4) is 0 Å². The van der Waals surface area contributed by atoms with Gasteiger partial charge in [0.15, 0.2) is 0 Å². The highest BCUT2D eigenvalue weighted by Gasteiger charge is 2.25. The summed E-state index contributed by atoms with van der Waals surface area (Å²) < 4.78 is 5.72. The Morgan fingerprint density at radius 3 is 3.30 bits per heavy atom. The third-order valence-electron chi connectivity index (χ3n) is 3.26. The van der Waals surface area contributed by atoms with Crippen molar-refractivity contribution in [3.05, 3.63) is 40.3 Å². The molecule has 2 aromatic rings. The zero-order chi connectivity index (χ0) is 13.8. The fourth-order valence-electron chi connectivity index (χ4n) is 2.16. The maximum atomic E-state index is 12.1. The third-order valence-corrected chi connectivity index (χ3v) is 3.96. The van der Waals surface area contributed by atoms with Crippen LogP contribution in [0.1, 0.15) is 17.4 Å². The number of amides is 2. The number of aromatic nitrogens is 2. The molecular weight excluding hydrogens is 276 g/mol. The standard InChI is InChI=1S/C13H16N4O2S/c18-13(14-7-11-1-3-15-16-11)17-4-5-19-12(8-17)10-2-6-20-9-10/h1-3,6,9,12H,4-5,7-8H2,(H,14,18)(H,15,16). The highest BCUT2D eigenvalue weighted by atomic mass is 32.1. The Labute approximate surface area is 120 Å². The number of hydrogen-bond acceptors (Lipinski definition) is 4. The van der Waals surface area contributed by atoms with E-state index in [-0.39, 0.29) is 12.1 Å². The molecule has 1 unspecified atom stereocenters. The second-order valence-electron chi connectivity index (χ2n) is 4.60. The van der Waals surface area contributed by atoms with Gasteiger partial charge >= 0.3 is 6.03 Å². The molecule has 20 heavy (non-hydrogen) atoms. The predicted molar refractivity (Wildman–Crippen MR) is 75.4 cm³/mol. The molecule has 2 aromatic heterocycles. The van der Waals surface area contributed by atoms with Gasteiger partial charge in [0.05, 0.1) is 25.4 Å². The van der Waals surface area contributed by atoms with Crippen molar-refractivity contribution in [3.8, 4) is 0 Å². The van der Waals surface area contributed by atoms with Crippen molar-refractivity contribution in [1.29, 1.82) is 0 Å². The number of urea groups is 1. The molecule has 1 aliphatic heterocycles. The summed E-state index contributed by atoms with van der Waals surface area (Å²) in [7, 11) is 0. The number of H-pyrrole nitrogens is 1. The van der Waals surface area contributed by atoms with Gasteiger partial charge in [0.2, 0.25) is 0 Å². The van der Waals surface area contributed by atoms with Crippen LogP contribution in [0.5, 0.6) is 0 Å². The van der Waals surface area contributed by atoms with Gasteiger partial charge in [0, 0.05) is 12.7 Å². The van der Waals surface area contributed by atoms with Gasteiger partial charge in [-0.05, 0) is 28.5 Å². The van der Waals surface area contributed by atoms with Crippen LogP contribution >= 0.6 is 11.3 Å². The van der Waals surface area contributed by atoms with Crippen LogP contribution in [0.25, 0.3) is 0 Å². The molecule has 0 bridgehead atoms. The summed E-state index contributed by atoms with van der Waals surface area (Å²) in [5.41, 5.74) is 2.03. The predicted octanol–water partition coefficient (Wildman–Crippen LogP) is 1.75. The SMILES string of the molecule is O=C(NCc1ccn[nH]1)N1CCOC(c2ccsc2)C1. The van der Waals surface area contributed by atoms with E-state index >= 15 is 0 Å². The van der Waals surface area contributed by atoms with Crippen LogP contribution in [-0.4, -0.2) is 40.8 Å². The van der Waals surface area contributed by atoms with Gasteiger partial charge in [-0.25, -0.2) is 4.79 Å². The Morgan fingerprint density at radius 2 is 2.55 bits per heavy atom. The summed E-state index contributed by atoms with van der Waals surface area (Å²) in [5.74, 6) is 0. The van der Waals surface area contributed by atoms with Gasteiger partial charge in [0.25, 0.3) is 0 Å². The third kappa shape index (κ3) is 3.00. The van der Waals surface area contributed by atoms with Crippen molar-refractivity contribution >= 4 is 17.4 Å². The Kier molecular flexibility index (Phi) is 3.98. The molecule has 6 nitrogen and oxygen atoms in total. The first-order chi connectivity index (χ1) is 9.83. The van der Waals surface area contributed by atoms with Crippen molar-refractivity contribution in [1.82, 2.24) is 20.4 Å². The first-order valence-electron chi connectivity index (χ1n) is 6.47. The molecule has 7 heteroatoms. The van der Waals surface area contributed by atoms with Crippen molar-refractivity contribution in [2.45, 2.75) is 12.6 Å². The van der Waals surface area contributed by atoms with Crippen LogP contribution in [0.4, 0.5) is 4.79 Å². The van der Waals surface area contributed by atoms with Crippen LogP contribution in [0.2, 0.25) is 0 Å². The number of hydrogen-bond donors (Lipinski definition) is 2. The molecule has 1 aliphatic rings. The topological polar surface area (TPSA) is 70.2 Å². The number of nitrogens with zero attached hydrogens (tertiary/aromatic N) is 2. The Hall–Kier alpha value is -1.86. The fraction of sp³-hybridized carbons (Fsp3) is 0.385. The number of thiophene rings is 1. The molecule has 106 valence electrons. The number of morpholine rings is 1. The lowest BCUT2D eigenvalue weighted by atomic mass is 10.1. The van der Waals surface area contributed by atoms with E-state index in [2.05, 4.69) is 20.9 Å². The van der Waals surface area contributed by atoms with Gasteiger partial charge in [-0.3, -0.25) is 5.10 Å². The summed E-state index contributed by atoms with van der Waals surface area (Å²) in [5, 5.41) is 13.6. The lowest BCUT2D eigenvalue weighted by Crippen LogP contribution is -2.46. The Balaban J connectivity index is 1.55. The maximum absolute atomic E-state index is 12.1. The fourth-order valence-corrected chi connectivity index (χ4v) is 2.86. The minimum Gasteiger partial charge on any atom is -0.370 e. The zero-order valence-electron chi connectivity index (χ0n) is 10.9. The van der Waals surface area contributed by atoms with Crippen LogP contribution in [-0.2, 0) is 11.3 Å². The van der Waals surface area contributed by atoms with Gasteiger partial charge < -0.3 is 15.0 Å². The molecule has 3 rings (SSSR count). The number of ether oxygens (including phenoxy) is 1. The van der Waals surface area contributed by atoms with Crippen LogP contribution < -0.4 is 5.32 Å². The van der Waals surface area contributed by atoms with Crippen LogP contribution in [0, 0.1) is 0 Å². The minimum atomic E-state index is -0.0665. The van der Waals surface area contributed by atoms with E-state index in [4.69, 9.17) is 4.74 Å². The molecule has 0 spiro atoms. The average molecular weight is 292 g/mol. The maximum Gasteiger partial charge on any atom is 0.317 e. The Morgan fingerprint density at radius 1 is 1.60 bits per heavy atom. The summed E-state index contributed by atoms with van der Waals surface area (Å²) in [6.07, 6.45) is 1.65. The summed E-state index contributed by atoms with van der Waals surface area (Å²) >= 11 is 1.64. The Bertz CT molecular complexity index is 541. The van der Waals surface area contributed by atoms with Crippen molar-refractivity contribution in [3.63, 3.8) is 0 Å². The number of rotatable bonds is 3. The van der Waals surface area contributed by atoms with E-state index in [1.165, 1.54) is 0 Å². The quantitative estimate of drug-likeness (QED) is 0.905. The molecule has 0 aromatic carbocycles. The van der Waals surface area contributed by atoms with E-state index in [1.807, 2.05) is 17.5 Å². The smallest absolute Gasteiger partial charge is 0.317 e. The number of carbonyl (C=O) groups excluding carboxylic acids is 1. The molecule has 0 saturated carbocycles. The zero-order valence-corrected chi connectivity index (χ0v) is 11.7. The summed E-state index contributed by atoms with van der Waals surface area (Å²) in [6.45, 7) is 2.23. The number of nitrogens with one attached hydrogen (secondary N) is 2. The molecule has 2 amide bonds. The molecule has 3 heterocycles. The number of carbonyl (C=O) groups is 1.